The molecule has 0 atom stereocenters. The lowest BCUT2D eigenvalue weighted by Gasteiger charge is -2.42. The van der Waals surface area contributed by atoms with Gasteiger partial charge in [0.25, 0.3) is 0 Å². The summed E-state index contributed by atoms with van der Waals surface area (Å²) in [6.45, 7) is 0.702. The first-order valence-corrected chi connectivity index (χ1v) is 6.90. The number of hydrogen-bond donors (Lipinski definition) is 1. The molecule has 1 heterocycles. The summed E-state index contributed by atoms with van der Waals surface area (Å²) >= 11 is 0. The fraction of sp³-hybridized carbons (Fsp3) is 0.500. The molecule has 0 aromatic heterocycles. The van der Waals surface area contributed by atoms with Gasteiger partial charge in [-0.1, -0.05) is 0 Å². The maximum atomic E-state index is 12.8. The molecule has 0 bridgehead atoms. The maximum Gasteiger partial charge on any atom is 0.416 e. The Morgan fingerprint density at radius 2 is 1.50 bits per heavy atom. The summed E-state index contributed by atoms with van der Waals surface area (Å²) in [5, 5.41) is 2.10. The summed E-state index contributed by atoms with van der Waals surface area (Å²) in [6.07, 6.45) is -9.90. The van der Waals surface area contributed by atoms with Crippen LogP contribution in [0.25, 0.3) is 0 Å². The van der Waals surface area contributed by atoms with Crippen LogP contribution in [0.4, 0.5) is 36.8 Å². The van der Waals surface area contributed by atoms with Gasteiger partial charge in [0.1, 0.15) is 0 Å². The predicted molar refractivity (Wildman–Crippen MR) is 74.5 cm³/mol. The molecule has 0 saturated carbocycles. The van der Waals surface area contributed by atoms with E-state index < -0.39 is 35.2 Å². The number of alkyl halides is 6. The Kier molecular flexibility index (Phi) is 4.71. The van der Waals surface area contributed by atoms with Crippen LogP contribution in [-0.4, -0.2) is 49.1 Å². The molecule has 1 fully saturated rings. The lowest BCUT2D eigenvalue weighted by molar-refractivity contribution is -0.143. The summed E-state index contributed by atoms with van der Waals surface area (Å²) in [6, 6.07) is 0.359. The van der Waals surface area contributed by atoms with E-state index in [4.69, 9.17) is 0 Å². The summed E-state index contributed by atoms with van der Waals surface area (Å²) in [7, 11) is 3.62. The minimum absolute atomic E-state index is 0.0152. The van der Waals surface area contributed by atoms with Crippen LogP contribution in [0.15, 0.2) is 18.2 Å². The summed E-state index contributed by atoms with van der Waals surface area (Å²) < 4.78 is 76.5. The van der Waals surface area contributed by atoms with E-state index in [1.807, 2.05) is 19.0 Å². The molecule has 1 aromatic carbocycles. The van der Waals surface area contributed by atoms with E-state index >= 15 is 0 Å². The molecule has 24 heavy (non-hydrogen) atoms. The van der Waals surface area contributed by atoms with Crippen LogP contribution in [0, 0.1) is 0 Å². The SMILES string of the molecule is CN(C)C1CN(C(=O)Nc2cc(C(F)(F)F)cc(C(F)(F)F)c2)C1. The van der Waals surface area contributed by atoms with Crippen molar-refractivity contribution in [3.63, 3.8) is 0 Å². The van der Waals surface area contributed by atoms with E-state index in [2.05, 4.69) is 5.32 Å². The molecule has 4 nitrogen and oxygen atoms in total. The monoisotopic (exact) mass is 355 g/mol. The first-order chi connectivity index (χ1) is 10.9. The second-order valence-electron chi connectivity index (χ2n) is 5.75. The summed E-state index contributed by atoms with van der Waals surface area (Å²) in [5.74, 6) is 0. The van der Waals surface area contributed by atoms with Crippen molar-refractivity contribution in [2.75, 3.05) is 32.5 Å². The average Bonchev–Trinajstić information content (AvgIpc) is 2.33. The molecule has 134 valence electrons. The number of nitrogens with zero attached hydrogens (tertiary/aromatic N) is 2. The molecule has 1 aliphatic rings. The third-order valence-corrected chi connectivity index (χ3v) is 3.72. The van der Waals surface area contributed by atoms with Crippen LogP contribution in [-0.2, 0) is 12.4 Å². The Morgan fingerprint density at radius 3 is 1.88 bits per heavy atom. The number of nitrogens with one attached hydrogen (secondary N) is 1. The lowest BCUT2D eigenvalue weighted by atomic mass is 10.1. The Bertz CT molecular complexity index is 588. The normalized spacial score (nSPS) is 16.3. The Balaban J connectivity index is 2.19. The largest absolute Gasteiger partial charge is 0.416 e. The van der Waals surface area contributed by atoms with Gasteiger partial charge in [0.05, 0.1) is 11.1 Å². The van der Waals surface area contributed by atoms with Gasteiger partial charge in [0, 0.05) is 24.8 Å². The van der Waals surface area contributed by atoms with Gasteiger partial charge in [0.2, 0.25) is 0 Å². The molecule has 1 N–H and O–H groups in total. The van der Waals surface area contributed by atoms with Gasteiger partial charge in [-0.2, -0.15) is 26.3 Å². The number of hydrogen-bond acceptors (Lipinski definition) is 2. The van der Waals surface area contributed by atoms with Crippen molar-refractivity contribution in [2.24, 2.45) is 0 Å². The summed E-state index contributed by atoms with van der Waals surface area (Å²) in [5.41, 5.74) is -3.49. The standard InChI is InChI=1S/C14H15F6N3O/c1-22(2)11-6-23(7-11)12(24)21-10-4-8(13(15,16)17)3-9(5-10)14(18,19)20/h3-5,11H,6-7H2,1-2H3,(H,21,24). The van der Waals surface area contributed by atoms with E-state index in [0.717, 1.165) is 0 Å². The highest BCUT2D eigenvalue weighted by molar-refractivity contribution is 5.90. The van der Waals surface area contributed by atoms with Gasteiger partial charge in [0.15, 0.2) is 0 Å². The highest BCUT2D eigenvalue weighted by Gasteiger charge is 2.37. The quantitative estimate of drug-likeness (QED) is 0.825. The number of benzene rings is 1. The van der Waals surface area contributed by atoms with Gasteiger partial charge in [-0.3, -0.25) is 0 Å². The van der Waals surface area contributed by atoms with Crippen molar-refractivity contribution >= 4 is 11.7 Å². The molecule has 2 rings (SSSR count). The van der Waals surface area contributed by atoms with Crippen LogP contribution < -0.4 is 5.32 Å². The Morgan fingerprint density at radius 1 is 1.04 bits per heavy atom. The highest BCUT2D eigenvalue weighted by atomic mass is 19.4. The molecule has 1 saturated heterocycles. The molecule has 2 amide bonds. The summed E-state index contributed by atoms with van der Waals surface area (Å²) in [4.78, 5) is 15.1. The number of amides is 2. The van der Waals surface area contributed by atoms with Crippen LogP contribution in [0.3, 0.4) is 0 Å². The second-order valence-corrected chi connectivity index (χ2v) is 5.75. The average molecular weight is 355 g/mol. The van der Waals surface area contributed by atoms with Crippen molar-refractivity contribution in [1.29, 1.82) is 0 Å². The number of urea groups is 1. The first-order valence-electron chi connectivity index (χ1n) is 6.90. The van der Waals surface area contributed by atoms with Crippen molar-refractivity contribution in [3.05, 3.63) is 29.3 Å². The van der Waals surface area contributed by atoms with E-state index in [1.165, 1.54) is 4.90 Å². The van der Waals surface area contributed by atoms with Crippen molar-refractivity contribution in [3.8, 4) is 0 Å². The van der Waals surface area contributed by atoms with Gasteiger partial charge in [-0.25, -0.2) is 4.79 Å². The minimum atomic E-state index is -4.95. The number of likely N-dealkylation sites (N-methyl/N-ethyl adjacent to an activating group) is 1. The lowest BCUT2D eigenvalue weighted by Crippen LogP contribution is -2.60. The zero-order valence-electron chi connectivity index (χ0n) is 12.8. The van der Waals surface area contributed by atoms with Crippen LogP contribution in [0.2, 0.25) is 0 Å². The molecule has 0 aliphatic carbocycles. The van der Waals surface area contributed by atoms with Gasteiger partial charge >= 0.3 is 18.4 Å². The van der Waals surface area contributed by atoms with Crippen LogP contribution in [0.5, 0.6) is 0 Å². The number of likely N-dealkylation sites (tertiary alicyclic amines) is 1. The maximum absolute atomic E-state index is 12.8. The number of carbonyl (C=O) groups excluding carboxylic acids is 1. The molecule has 1 aromatic rings. The molecule has 0 unspecified atom stereocenters. The topological polar surface area (TPSA) is 35.6 Å². The predicted octanol–water partition coefficient (Wildman–Crippen LogP) is 3.50. The smallest absolute Gasteiger partial charge is 0.321 e. The van der Waals surface area contributed by atoms with Crippen molar-refractivity contribution < 1.29 is 31.1 Å². The molecule has 10 heteroatoms. The number of rotatable bonds is 2. The Hall–Kier alpha value is -1.97. The minimum Gasteiger partial charge on any atom is -0.321 e. The zero-order valence-corrected chi connectivity index (χ0v) is 12.8. The zero-order chi connectivity index (χ0) is 18.3. The number of halogens is 6. The highest BCUT2D eigenvalue weighted by Crippen LogP contribution is 2.37. The molecular formula is C14H15F6N3O. The fourth-order valence-corrected chi connectivity index (χ4v) is 2.18. The Labute approximate surface area is 134 Å². The number of carbonyl (C=O) groups is 1. The third-order valence-electron chi connectivity index (χ3n) is 3.72. The second kappa shape index (κ2) is 6.15. The van der Waals surface area contributed by atoms with E-state index in [0.29, 0.717) is 25.2 Å². The van der Waals surface area contributed by atoms with Gasteiger partial charge in [-0.05, 0) is 32.3 Å². The van der Waals surface area contributed by atoms with Crippen molar-refractivity contribution in [2.45, 2.75) is 18.4 Å². The van der Waals surface area contributed by atoms with Crippen LogP contribution in [0.1, 0.15) is 11.1 Å². The van der Waals surface area contributed by atoms with Gasteiger partial charge < -0.3 is 15.1 Å². The fourth-order valence-electron chi connectivity index (χ4n) is 2.18. The van der Waals surface area contributed by atoms with E-state index in [1.54, 1.807) is 0 Å². The molecule has 0 spiro atoms. The number of anilines is 1. The first kappa shape index (κ1) is 18.4. The van der Waals surface area contributed by atoms with E-state index in [-0.39, 0.29) is 12.1 Å². The van der Waals surface area contributed by atoms with Crippen LogP contribution >= 0.6 is 0 Å². The molecule has 0 radical (unpaired) electrons. The van der Waals surface area contributed by atoms with E-state index in [9.17, 15) is 31.1 Å². The third kappa shape index (κ3) is 4.11. The molecular weight excluding hydrogens is 340 g/mol. The molecule has 1 aliphatic heterocycles. The van der Waals surface area contributed by atoms with Crippen molar-refractivity contribution in [1.82, 2.24) is 9.80 Å². The van der Waals surface area contributed by atoms with Gasteiger partial charge in [-0.15, -0.1) is 0 Å².